The third-order valence-corrected chi connectivity index (χ3v) is 3.14. The fourth-order valence-corrected chi connectivity index (χ4v) is 1.91. The molecule has 0 unspecified atom stereocenters. The van der Waals surface area contributed by atoms with Gasteiger partial charge in [-0.25, -0.2) is 0 Å². The van der Waals surface area contributed by atoms with Gasteiger partial charge >= 0.3 is 0 Å². The summed E-state index contributed by atoms with van der Waals surface area (Å²) in [6, 6.07) is 13.3. The highest BCUT2D eigenvalue weighted by Gasteiger charge is 2.08. The van der Waals surface area contributed by atoms with Crippen LogP contribution in [0.2, 0.25) is 0 Å². The number of rotatable bonds is 3. The topological polar surface area (TPSA) is 43.1 Å². The molecule has 0 heterocycles. The van der Waals surface area contributed by atoms with Crippen LogP contribution >= 0.6 is 0 Å². The Balaban J connectivity index is 2.19. The summed E-state index contributed by atoms with van der Waals surface area (Å²) in [6.45, 7) is 4.06. The first kappa shape index (κ1) is 12.4. The number of hydrogen-bond donors (Lipinski definition) is 1. The molecule has 2 aromatic carbocycles. The largest absolute Gasteiger partial charge is 0.399 e. The second-order valence-corrected chi connectivity index (χ2v) is 4.64. The zero-order chi connectivity index (χ0) is 13.1. The van der Waals surface area contributed by atoms with Crippen LogP contribution in [0.3, 0.4) is 0 Å². The normalized spacial score (nSPS) is 10.3. The lowest BCUT2D eigenvalue weighted by atomic mass is 9.99. The Morgan fingerprint density at radius 2 is 1.83 bits per heavy atom. The van der Waals surface area contributed by atoms with Crippen LogP contribution in [0, 0.1) is 13.8 Å². The molecule has 0 amide bonds. The van der Waals surface area contributed by atoms with Crippen LogP contribution in [0.5, 0.6) is 0 Å². The quantitative estimate of drug-likeness (QED) is 0.659. The molecule has 0 saturated carbocycles. The summed E-state index contributed by atoms with van der Waals surface area (Å²) in [7, 11) is 0. The van der Waals surface area contributed by atoms with E-state index in [1.54, 1.807) is 0 Å². The van der Waals surface area contributed by atoms with Crippen molar-refractivity contribution in [3.8, 4) is 0 Å². The van der Waals surface area contributed by atoms with Crippen LogP contribution < -0.4 is 5.73 Å². The van der Waals surface area contributed by atoms with E-state index in [2.05, 4.69) is 0 Å². The molecule has 2 nitrogen and oxygen atoms in total. The number of carbonyl (C=O) groups excluding carboxylic acids is 1. The van der Waals surface area contributed by atoms with Crippen molar-refractivity contribution in [2.45, 2.75) is 20.3 Å². The summed E-state index contributed by atoms with van der Waals surface area (Å²) < 4.78 is 0. The van der Waals surface area contributed by atoms with E-state index >= 15 is 0 Å². The van der Waals surface area contributed by atoms with Crippen molar-refractivity contribution in [1.29, 1.82) is 0 Å². The second kappa shape index (κ2) is 5.05. The number of aryl methyl sites for hydroxylation is 2. The summed E-state index contributed by atoms with van der Waals surface area (Å²) >= 11 is 0. The molecule has 0 radical (unpaired) electrons. The van der Waals surface area contributed by atoms with Crippen molar-refractivity contribution >= 4 is 11.5 Å². The molecule has 18 heavy (non-hydrogen) atoms. The van der Waals surface area contributed by atoms with Gasteiger partial charge in [0.15, 0.2) is 5.78 Å². The van der Waals surface area contributed by atoms with Gasteiger partial charge in [0.25, 0.3) is 0 Å². The standard InChI is InChI=1S/C16H17NO/c1-11-6-7-14(8-12(11)2)16(18)10-13-4-3-5-15(17)9-13/h3-9H,10,17H2,1-2H3. The van der Waals surface area contributed by atoms with Gasteiger partial charge in [-0.15, -0.1) is 0 Å². The molecule has 2 N–H and O–H groups in total. The Morgan fingerprint density at radius 3 is 2.50 bits per heavy atom. The van der Waals surface area contributed by atoms with Crippen molar-refractivity contribution < 1.29 is 4.79 Å². The highest BCUT2D eigenvalue weighted by molar-refractivity contribution is 5.97. The summed E-state index contributed by atoms with van der Waals surface area (Å²) in [4.78, 5) is 12.1. The molecular weight excluding hydrogens is 222 g/mol. The maximum absolute atomic E-state index is 12.1. The summed E-state index contributed by atoms with van der Waals surface area (Å²) in [5.74, 6) is 0.128. The molecule has 92 valence electrons. The first-order valence-electron chi connectivity index (χ1n) is 6.01. The number of Topliss-reactive ketones (excluding diaryl/α,β-unsaturated/α-hetero) is 1. The first-order valence-corrected chi connectivity index (χ1v) is 6.01. The average Bonchev–Trinajstić information content (AvgIpc) is 2.32. The Morgan fingerprint density at radius 1 is 1.06 bits per heavy atom. The Kier molecular flexibility index (Phi) is 3.47. The van der Waals surface area contributed by atoms with Crippen LogP contribution in [0.1, 0.15) is 27.0 Å². The van der Waals surface area contributed by atoms with Gasteiger partial charge in [-0.3, -0.25) is 4.79 Å². The smallest absolute Gasteiger partial charge is 0.167 e. The lowest BCUT2D eigenvalue weighted by molar-refractivity contribution is 0.0993. The van der Waals surface area contributed by atoms with Crippen molar-refractivity contribution in [2.24, 2.45) is 0 Å². The zero-order valence-corrected chi connectivity index (χ0v) is 10.7. The molecule has 0 saturated heterocycles. The molecule has 2 heteroatoms. The summed E-state index contributed by atoms with van der Waals surface area (Å²) in [5.41, 5.74) is 10.5. The third-order valence-electron chi connectivity index (χ3n) is 3.14. The molecule has 2 aromatic rings. The second-order valence-electron chi connectivity index (χ2n) is 4.64. The number of nitrogen functional groups attached to an aromatic ring is 1. The van der Waals surface area contributed by atoms with Crippen LogP contribution in [0.25, 0.3) is 0 Å². The van der Waals surface area contributed by atoms with Crippen LogP contribution in [0.15, 0.2) is 42.5 Å². The van der Waals surface area contributed by atoms with Gasteiger partial charge in [-0.1, -0.05) is 24.3 Å². The van der Waals surface area contributed by atoms with Gasteiger partial charge in [0.05, 0.1) is 0 Å². The SMILES string of the molecule is Cc1ccc(C(=O)Cc2cccc(N)c2)cc1C. The van der Waals surface area contributed by atoms with Gasteiger partial charge in [0.2, 0.25) is 0 Å². The highest BCUT2D eigenvalue weighted by Crippen LogP contribution is 2.14. The van der Waals surface area contributed by atoms with Crippen LogP contribution in [-0.2, 0) is 6.42 Å². The molecule has 0 aliphatic rings. The molecule has 0 bridgehead atoms. The molecule has 0 atom stereocenters. The number of benzene rings is 2. The Bertz CT molecular complexity index is 587. The molecule has 0 aliphatic heterocycles. The van der Waals surface area contributed by atoms with Crippen LogP contribution in [-0.4, -0.2) is 5.78 Å². The average molecular weight is 239 g/mol. The van der Waals surface area contributed by atoms with Crippen molar-refractivity contribution in [3.63, 3.8) is 0 Å². The number of anilines is 1. The highest BCUT2D eigenvalue weighted by atomic mass is 16.1. The number of hydrogen-bond acceptors (Lipinski definition) is 2. The van der Waals surface area contributed by atoms with Gasteiger partial charge in [-0.2, -0.15) is 0 Å². The van der Waals surface area contributed by atoms with Crippen molar-refractivity contribution in [1.82, 2.24) is 0 Å². The predicted octanol–water partition coefficient (Wildman–Crippen LogP) is 3.31. The maximum Gasteiger partial charge on any atom is 0.167 e. The fourth-order valence-electron chi connectivity index (χ4n) is 1.91. The lowest BCUT2D eigenvalue weighted by Crippen LogP contribution is -2.04. The van der Waals surface area contributed by atoms with Gasteiger partial charge in [0, 0.05) is 17.7 Å². The van der Waals surface area contributed by atoms with E-state index in [9.17, 15) is 4.79 Å². The summed E-state index contributed by atoms with van der Waals surface area (Å²) in [6.07, 6.45) is 0.396. The number of ketones is 1. The Hall–Kier alpha value is -2.09. The predicted molar refractivity (Wildman–Crippen MR) is 74.8 cm³/mol. The number of carbonyl (C=O) groups is 1. The minimum absolute atomic E-state index is 0.128. The van der Waals surface area contributed by atoms with Gasteiger partial charge < -0.3 is 5.73 Å². The third kappa shape index (κ3) is 2.77. The molecule has 0 spiro atoms. The van der Waals surface area contributed by atoms with Gasteiger partial charge in [0.1, 0.15) is 0 Å². The summed E-state index contributed by atoms with van der Waals surface area (Å²) in [5, 5.41) is 0. The zero-order valence-electron chi connectivity index (χ0n) is 10.7. The minimum atomic E-state index is 0.128. The van der Waals surface area contributed by atoms with Crippen LogP contribution in [0.4, 0.5) is 5.69 Å². The van der Waals surface area contributed by atoms with E-state index in [1.807, 2.05) is 56.3 Å². The molecule has 0 aliphatic carbocycles. The van der Waals surface area contributed by atoms with E-state index < -0.39 is 0 Å². The monoisotopic (exact) mass is 239 g/mol. The molecule has 0 aromatic heterocycles. The lowest BCUT2D eigenvalue weighted by Gasteiger charge is -2.05. The van der Waals surface area contributed by atoms with E-state index in [1.165, 1.54) is 5.56 Å². The fraction of sp³-hybridized carbons (Fsp3) is 0.188. The van der Waals surface area contributed by atoms with Gasteiger partial charge in [-0.05, 0) is 48.7 Å². The van der Waals surface area contributed by atoms with E-state index in [4.69, 9.17) is 5.73 Å². The first-order chi connectivity index (χ1) is 8.56. The minimum Gasteiger partial charge on any atom is -0.399 e. The van der Waals surface area contributed by atoms with Crippen molar-refractivity contribution in [3.05, 3.63) is 64.7 Å². The maximum atomic E-state index is 12.1. The molecule has 2 rings (SSSR count). The van der Waals surface area contributed by atoms with E-state index in [0.29, 0.717) is 12.1 Å². The number of nitrogens with two attached hydrogens (primary N) is 1. The molecule has 0 fully saturated rings. The van der Waals surface area contributed by atoms with E-state index in [0.717, 1.165) is 16.7 Å². The van der Waals surface area contributed by atoms with E-state index in [-0.39, 0.29) is 5.78 Å². The molecular formula is C16H17NO. The van der Waals surface area contributed by atoms with Crippen molar-refractivity contribution in [2.75, 3.05) is 5.73 Å². The Labute approximate surface area is 107 Å².